The summed E-state index contributed by atoms with van der Waals surface area (Å²) in [7, 11) is -3.24. The van der Waals surface area contributed by atoms with Crippen LogP contribution in [0.1, 0.15) is 25.7 Å². The lowest BCUT2D eigenvalue weighted by Gasteiger charge is -2.25. The molecule has 0 radical (unpaired) electrons. The highest BCUT2D eigenvalue weighted by molar-refractivity contribution is 7.88. The van der Waals surface area contributed by atoms with E-state index in [0.717, 1.165) is 32.4 Å². The van der Waals surface area contributed by atoms with Crippen LogP contribution in [0.25, 0.3) is 0 Å². The molecule has 2 saturated heterocycles. The van der Waals surface area contributed by atoms with Gasteiger partial charge in [-0.05, 0) is 25.7 Å². The molecule has 0 N–H and O–H groups in total. The minimum atomic E-state index is -3.24. The van der Waals surface area contributed by atoms with Crippen molar-refractivity contribution >= 4 is 15.9 Å². The van der Waals surface area contributed by atoms with E-state index in [2.05, 4.69) is 0 Å². The maximum atomic E-state index is 12.1. The van der Waals surface area contributed by atoms with E-state index < -0.39 is 16.1 Å². The number of likely N-dealkylation sites (tertiary alicyclic amines) is 1. The monoisotopic (exact) mass is 246 g/mol. The van der Waals surface area contributed by atoms with Crippen LogP contribution in [0.2, 0.25) is 0 Å². The minimum absolute atomic E-state index is 0.000394. The Morgan fingerprint density at radius 3 is 2.31 bits per heavy atom. The predicted molar refractivity (Wildman–Crippen MR) is 60.4 cm³/mol. The van der Waals surface area contributed by atoms with Gasteiger partial charge in [0.25, 0.3) is 0 Å². The first-order valence-corrected chi connectivity index (χ1v) is 7.60. The maximum Gasteiger partial charge on any atom is 0.241 e. The molecule has 0 aromatic heterocycles. The number of rotatable bonds is 2. The van der Waals surface area contributed by atoms with Gasteiger partial charge in [-0.2, -0.15) is 4.31 Å². The Bertz CT molecular complexity index is 374. The highest BCUT2D eigenvalue weighted by Gasteiger charge is 2.38. The molecule has 0 saturated carbocycles. The zero-order valence-electron chi connectivity index (χ0n) is 9.55. The van der Waals surface area contributed by atoms with Crippen LogP contribution in [-0.2, 0) is 14.8 Å². The number of amides is 1. The quantitative estimate of drug-likeness (QED) is 0.691. The first-order valence-electron chi connectivity index (χ1n) is 5.76. The fraction of sp³-hybridized carbons (Fsp3) is 0.900. The molecule has 16 heavy (non-hydrogen) atoms. The van der Waals surface area contributed by atoms with Crippen LogP contribution < -0.4 is 0 Å². The summed E-state index contributed by atoms with van der Waals surface area (Å²) in [4.78, 5) is 13.9. The third kappa shape index (κ3) is 2.22. The van der Waals surface area contributed by atoms with Gasteiger partial charge >= 0.3 is 0 Å². The summed E-state index contributed by atoms with van der Waals surface area (Å²) >= 11 is 0. The Hall–Kier alpha value is -0.620. The number of carbonyl (C=O) groups is 1. The smallest absolute Gasteiger partial charge is 0.241 e. The molecular formula is C10H18N2O3S. The van der Waals surface area contributed by atoms with Crippen molar-refractivity contribution in [2.75, 3.05) is 25.9 Å². The zero-order chi connectivity index (χ0) is 11.8. The van der Waals surface area contributed by atoms with Crippen LogP contribution >= 0.6 is 0 Å². The van der Waals surface area contributed by atoms with E-state index in [0.29, 0.717) is 13.0 Å². The van der Waals surface area contributed by atoms with Crippen molar-refractivity contribution < 1.29 is 13.2 Å². The van der Waals surface area contributed by atoms with E-state index in [1.54, 1.807) is 4.90 Å². The molecule has 2 aliphatic rings. The Labute approximate surface area is 96.5 Å². The van der Waals surface area contributed by atoms with Gasteiger partial charge in [-0.3, -0.25) is 4.79 Å². The fourth-order valence-corrected chi connectivity index (χ4v) is 3.65. The highest BCUT2D eigenvalue weighted by atomic mass is 32.2. The summed E-state index contributed by atoms with van der Waals surface area (Å²) in [6, 6.07) is -0.437. The highest BCUT2D eigenvalue weighted by Crippen LogP contribution is 2.23. The summed E-state index contributed by atoms with van der Waals surface area (Å²) in [5.74, 6) is 0.000394. The lowest BCUT2D eigenvalue weighted by atomic mass is 10.2. The standard InChI is InChI=1S/C10H18N2O3S/c1-16(14,15)12-8-4-5-9(12)10(13)11-6-2-3-7-11/h9H,2-8H2,1H3/t9-/m0/s1. The molecule has 1 amide bonds. The molecule has 92 valence electrons. The molecule has 2 aliphatic heterocycles. The topological polar surface area (TPSA) is 57.7 Å². The molecular weight excluding hydrogens is 228 g/mol. The molecule has 5 nitrogen and oxygen atoms in total. The van der Waals surface area contributed by atoms with Gasteiger partial charge in [-0.15, -0.1) is 0 Å². The molecule has 2 fully saturated rings. The Balaban J connectivity index is 2.10. The van der Waals surface area contributed by atoms with E-state index in [4.69, 9.17) is 0 Å². The zero-order valence-corrected chi connectivity index (χ0v) is 10.4. The molecule has 0 bridgehead atoms. The Kier molecular flexibility index (Phi) is 3.21. The number of carbonyl (C=O) groups excluding carboxylic acids is 1. The van der Waals surface area contributed by atoms with Gasteiger partial charge in [-0.25, -0.2) is 8.42 Å². The minimum Gasteiger partial charge on any atom is -0.341 e. The summed E-state index contributed by atoms with van der Waals surface area (Å²) in [6.07, 6.45) is 4.72. The van der Waals surface area contributed by atoms with E-state index >= 15 is 0 Å². The number of sulfonamides is 1. The third-order valence-corrected chi connectivity index (χ3v) is 4.62. The predicted octanol–water partition coefficient (Wildman–Crippen LogP) is 0.0328. The van der Waals surface area contributed by atoms with Crippen molar-refractivity contribution in [3.63, 3.8) is 0 Å². The summed E-state index contributed by atoms with van der Waals surface area (Å²) in [5, 5.41) is 0. The number of nitrogens with zero attached hydrogens (tertiary/aromatic N) is 2. The summed E-state index contributed by atoms with van der Waals surface area (Å²) in [5.41, 5.74) is 0. The van der Waals surface area contributed by atoms with E-state index in [1.807, 2.05) is 0 Å². The normalized spacial score (nSPS) is 27.6. The van der Waals surface area contributed by atoms with Crippen LogP contribution in [0.4, 0.5) is 0 Å². The molecule has 2 heterocycles. The molecule has 0 aliphatic carbocycles. The lowest BCUT2D eigenvalue weighted by molar-refractivity contribution is -0.133. The van der Waals surface area contributed by atoms with Gasteiger partial charge in [0.1, 0.15) is 6.04 Å². The number of hydrogen-bond acceptors (Lipinski definition) is 3. The van der Waals surface area contributed by atoms with Gasteiger partial charge in [-0.1, -0.05) is 0 Å². The SMILES string of the molecule is CS(=O)(=O)N1CCC[C@H]1C(=O)N1CCCC1. The van der Waals surface area contributed by atoms with Crippen LogP contribution in [0, 0.1) is 0 Å². The second-order valence-electron chi connectivity index (χ2n) is 4.56. The van der Waals surface area contributed by atoms with Gasteiger partial charge in [0.05, 0.1) is 6.26 Å². The van der Waals surface area contributed by atoms with E-state index in [9.17, 15) is 13.2 Å². The van der Waals surface area contributed by atoms with Crippen LogP contribution in [0.3, 0.4) is 0 Å². The van der Waals surface area contributed by atoms with Crippen molar-refractivity contribution in [2.24, 2.45) is 0 Å². The van der Waals surface area contributed by atoms with Crippen LogP contribution in [-0.4, -0.2) is 55.5 Å². The Morgan fingerprint density at radius 2 is 1.75 bits per heavy atom. The van der Waals surface area contributed by atoms with Crippen molar-refractivity contribution in [2.45, 2.75) is 31.7 Å². The van der Waals surface area contributed by atoms with E-state index in [1.165, 1.54) is 10.6 Å². The molecule has 1 atom stereocenters. The van der Waals surface area contributed by atoms with Crippen LogP contribution in [0.15, 0.2) is 0 Å². The second kappa shape index (κ2) is 4.33. The average molecular weight is 246 g/mol. The van der Waals surface area contributed by atoms with Gasteiger partial charge in [0.15, 0.2) is 0 Å². The van der Waals surface area contributed by atoms with Crippen LogP contribution in [0.5, 0.6) is 0 Å². The Morgan fingerprint density at radius 1 is 1.12 bits per heavy atom. The van der Waals surface area contributed by atoms with Gasteiger partial charge in [0.2, 0.25) is 15.9 Å². The van der Waals surface area contributed by atoms with Crippen molar-refractivity contribution in [3.05, 3.63) is 0 Å². The third-order valence-electron chi connectivity index (χ3n) is 3.33. The molecule has 6 heteroatoms. The van der Waals surface area contributed by atoms with Gasteiger partial charge < -0.3 is 4.90 Å². The molecule has 0 unspecified atom stereocenters. The van der Waals surface area contributed by atoms with Crippen molar-refractivity contribution in [1.29, 1.82) is 0 Å². The first kappa shape index (κ1) is 11.9. The fourth-order valence-electron chi connectivity index (χ4n) is 2.53. The molecule has 2 rings (SSSR count). The number of hydrogen-bond donors (Lipinski definition) is 0. The molecule has 0 aromatic rings. The van der Waals surface area contributed by atoms with E-state index in [-0.39, 0.29) is 5.91 Å². The maximum absolute atomic E-state index is 12.1. The second-order valence-corrected chi connectivity index (χ2v) is 6.50. The van der Waals surface area contributed by atoms with Crippen molar-refractivity contribution in [3.8, 4) is 0 Å². The summed E-state index contributed by atoms with van der Waals surface area (Å²) < 4.78 is 24.4. The molecule has 0 spiro atoms. The molecule has 0 aromatic carbocycles. The van der Waals surface area contributed by atoms with Crippen molar-refractivity contribution in [1.82, 2.24) is 9.21 Å². The first-order chi connectivity index (χ1) is 7.50. The largest absolute Gasteiger partial charge is 0.341 e. The van der Waals surface area contributed by atoms with Gasteiger partial charge in [0, 0.05) is 19.6 Å². The summed E-state index contributed by atoms with van der Waals surface area (Å²) in [6.45, 7) is 2.06. The lowest BCUT2D eigenvalue weighted by Crippen LogP contribution is -2.46. The average Bonchev–Trinajstić information content (AvgIpc) is 2.87.